The first-order valence-corrected chi connectivity index (χ1v) is 5.82. The summed E-state index contributed by atoms with van der Waals surface area (Å²) in [5.74, 6) is -1.29. The quantitative estimate of drug-likeness (QED) is 0.830. The molecule has 1 aromatic carbocycles. The molecule has 3 N–H and O–H groups in total. The van der Waals surface area contributed by atoms with Crippen LogP contribution in [-0.2, 0) is 11.2 Å². The number of carbonyl (C=O) groups excluding carboxylic acids is 1. The molecule has 5 nitrogen and oxygen atoms in total. The van der Waals surface area contributed by atoms with Crippen molar-refractivity contribution >= 4 is 28.8 Å². The topological polar surface area (TPSA) is 92.8 Å². The minimum atomic E-state index is -0.995. The molecule has 1 atom stereocenters. The second-order valence-electron chi connectivity index (χ2n) is 3.56. The number of aliphatic imine (C=N–C) groups is 1. The molecule has 1 amide bonds. The number of amidine groups is 1. The van der Waals surface area contributed by atoms with Crippen LogP contribution in [0.4, 0.5) is 0 Å². The Morgan fingerprint density at radius 3 is 2.76 bits per heavy atom. The van der Waals surface area contributed by atoms with Gasteiger partial charge in [-0.1, -0.05) is 30.0 Å². The molecule has 0 aliphatic carbocycles. The molecular weight excluding hydrogens is 240 g/mol. The van der Waals surface area contributed by atoms with Gasteiger partial charge in [-0.3, -0.25) is 4.79 Å². The molecular formula is C11H10N2O3S. The maximum Gasteiger partial charge on any atom is 0.335 e. The zero-order valence-corrected chi connectivity index (χ0v) is 9.61. The minimum Gasteiger partial charge on any atom is -0.478 e. The maximum absolute atomic E-state index is 11.4. The van der Waals surface area contributed by atoms with Crippen LogP contribution in [-0.4, -0.2) is 27.4 Å². The zero-order valence-electron chi connectivity index (χ0n) is 8.79. The number of rotatable bonds is 3. The summed E-state index contributed by atoms with van der Waals surface area (Å²) in [5.41, 5.74) is 6.28. The highest BCUT2D eigenvalue weighted by molar-refractivity contribution is 8.15. The fraction of sp³-hybridized carbons (Fsp3) is 0.182. The Labute approximate surface area is 102 Å². The smallest absolute Gasteiger partial charge is 0.335 e. The predicted octanol–water partition coefficient (Wildman–Crippen LogP) is 0.884. The van der Waals surface area contributed by atoms with E-state index < -0.39 is 11.2 Å². The van der Waals surface area contributed by atoms with Gasteiger partial charge >= 0.3 is 5.97 Å². The summed E-state index contributed by atoms with van der Waals surface area (Å²) in [4.78, 5) is 26.0. The van der Waals surface area contributed by atoms with E-state index in [1.165, 1.54) is 17.8 Å². The van der Waals surface area contributed by atoms with Crippen molar-refractivity contribution in [2.75, 3.05) is 0 Å². The molecule has 1 aromatic rings. The van der Waals surface area contributed by atoms with E-state index in [-0.39, 0.29) is 16.6 Å². The van der Waals surface area contributed by atoms with Crippen molar-refractivity contribution in [2.45, 2.75) is 11.7 Å². The highest BCUT2D eigenvalue weighted by Crippen LogP contribution is 2.24. The first kappa shape index (κ1) is 11.7. The molecule has 0 saturated carbocycles. The average Bonchev–Trinajstić information content (AvgIpc) is 2.58. The highest BCUT2D eigenvalue weighted by Gasteiger charge is 2.28. The lowest BCUT2D eigenvalue weighted by molar-refractivity contribution is -0.117. The van der Waals surface area contributed by atoms with Crippen molar-refractivity contribution in [2.24, 2.45) is 10.7 Å². The number of carbonyl (C=O) groups is 2. The molecule has 88 valence electrons. The molecule has 0 spiro atoms. The van der Waals surface area contributed by atoms with Crippen LogP contribution in [0.25, 0.3) is 0 Å². The van der Waals surface area contributed by atoms with Gasteiger partial charge < -0.3 is 10.8 Å². The second kappa shape index (κ2) is 4.58. The fourth-order valence-electron chi connectivity index (χ4n) is 1.64. The summed E-state index contributed by atoms with van der Waals surface area (Å²) in [6.07, 6.45) is 0.330. The molecule has 17 heavy (non-hydrogen) atoms. The molecule has 1 unspecified atom stereocenters. The highest BCUT2D eigenvalue weighted by atomic mass is 32.2. The van der Waals surface area contributed by atoms with Crippen molar-refractivity contribution < 1.29 is 14.7 Å². The largest absolute Gasteiger partial charge is 0.478 e. The summed E-state index contributed by atoms with van der Waals surface area (Å²) in [6, 6.07) is 6.62. The van der Waals surface area contributed by atoms with Crippen LogP contribution in [0, 0.1) is 0 Å². The molecule has 0 saturated heterocycles. The van der Waals surface area contributed by atoms with Gasteiger partial charge in [-0.15, -0.1) is 0 Å². The van der Waals surface area contributed by atoms with E-state index >= 15 is 0 Å². The molecule has 6 heteroatoms. The van der Waals surface area contributed by atoms with Crippen LogP contribution in [0.5, 0.6) is 0 Å². The molecule has 1 heterocycles. The number of amides is 1. The van der Waals surface area contributed by atoms with Crippen molar-refractivity contribution in [3.63, 3.8) is 0 Å². The Hall–Kier alpha value is -1.82. The summed E-state index contributed by atoms with van der Waals surface area (Å²) in [7, 11) is 0. The molecule has 1 aliphatic heterocycles. The van der Waals surface area contributed by atoms with Gasteiger partial charge in [-0.05, 0) is 18.1 Å². The molecule has 0 aromatic heterocycles. The number of nitrogens with zero attached hydrogens (tertiary/aromatic N) is 1. The Bertz CT molecular complexity index is 513. The first-order valence-electron chi connectivity index (χ1n) is 4.94. The molecule has 0 fully saturated rings. The van der Waals surface area contributed by atoms with Crippen molar-refractivity contribution in [1.82, 2.24) is 0 Å². The number of hydrogen-bond donors (Lipinski definition) is 2. The lowest BCUT2D eigenvalue weighted by Gasteiger charge is -2.08. The molecule has 2 rings (SSSR count). The maximum atomic E-state index is 11.4. The summed E-state index contributed by atoms with van der Waals surface area (Å²) in [5, 5.41) is 8.85. The number of hydrogen-bond acceptors (Lipinski definition) is 4. The van der Waals surface area contributed by atoms with Crippen molar-refractivity contribution in [3.05, 3.63) is 35.4 Å². The Balaban J connectivity index is 2.20. The number of carboxylic acid groups (broad SMARTS) is 1. The third-order valence-electron chi connectivity index (χ3n) is 2.41. The van der Waals surface area contributed by atoms with Crippen LogP contribution in [0.3, 0.4) is 0 Å². The summed E-state index contributed by atoms with van der Waals surface area (Å²) < 4.78 is 0. The van der Waals surface area contributed by atoms with E-state index in [1.54, 1.807) is 18.2 Å². The van der Waals surface area contributed by atoms with Gasteiger partial charge in [0.1, 0.15) is 0 Å². The number of benzene rings is 1. The number of aromatic carboxylic acids is 1. The lowest BCUT2D eigenvalue weighted by atomic mass is 10.0. The van der Waals surface area contributed by atoms with Crippen LogP contribution in [0.2, 0.25) is 0 Å². The third-order valence-corrected chi connectivity index (χ3v) is 3.40. The Morgan fingerprint density at radius 1 is 1.47 bits per heavy atom. The molecule has 0 bridgehead atoms. The predicted molar refractivity (Wildman–Crippen MR) is 65.1 cm³/mol. The fourth-order valence-corrected chi connectivity index (χ4v) is 2.49. The van der Waals surface area contributed by atoms with Gasteiger partial charge in [-0.25, -0.2) is 4.79 Å². The second-order valence-corrected chi connectivity index (χ2v) is 4.78. The third kappa shape index (κ3) is 2.47. The van der Waals surface area contributed by atoms with Crippen LogP contribution < -0.4 is 5.73 Å². The number of carboxylic acids is 1. The van der Waals surface area contributed by atoms with E-state index in [1.807, 2.05) is 0 Å². The Morgan fingerprint density at radius 2 is 2.18 bits per heavy atom. The van der Waals surface area contributed by atoms with Gasteiger partial charge in [0, 0.05) is 0 Å². The van der Waals surface area contributed by atoms with E-state index in [9.17, 15) is 9.59 Å². The van der Waals surface area contributed by atoms with E-state index in [4.69, 9.17) is 10.8 Å². The van der Waals surface area contributed by atoms with Gasteiger partial charge in [-0.2, -0.15) is 4.99 Å². The van der Waals surface area contributed by atoms with Gasteiger partial charge in [0.15, 0.2) is 5.17 Å². The van der Waals surface area contributed by atoms with Crippen LogP contribution >= 0.6 is 11.8 Å². The van der Waals surface area contributed by atoms with Crippen LogP contribution in [0.1, 0.15) is 15.9 Å². The number of thioether (sulfide) groups is 1. The standard InChI is InChI=1S/C11H10N2O3S/c12-11-13-9(14)8(17-11)5-6-3-1-2-4-7(6)10(15)16/h1-4,8H,5H2,(H,15,16)(H2,12,13,14). The van der Waals surface area contributed by atoms with Gasteiger partial charge in [0.25, 0.3) is 5.91 Å². The van der Waals surface area contributed by atoms with Crippen LogP contribution in [0.15, 0.2) is 29.3 Å². The van der Waals surface area contributed by atoms with Crippen molar-refractivity contribution in [1.29, 1.82) is 0 Å². The normalized spacial score (nSPS) is 19.2. The summed E-state index contributed by atoms with van der Waals surface area (Å²) in [6.45, 7) is 0. The van der Waals surface area contributed by atoms with Gasteiger partial charge in [0.05, 0.1) is 10.8 Å². The molecule has 1 aliphatic rings. The number of nitrogens with two attached hydrogens (primary N) is 1. The van der Waals surface area contributed by atoms with E-state index in [0.717, 1.165) is 0 Å². The zero-order chi connectivity index (χ0) is 12.4. The van der Waals surface area contributed by atoms with E-state index in [2.05, 4.69) is 4.99 Å². The molecule has 0 radical (unpaired) electrons. The SMILES string of the molecule is NC1=NC(=O)C(Cc2ccccc2C(=O)O)S1. The minimum absolute atomic E-state index is 0.214. The Kier molecular flexibility index (Phi) is 3.14. The van der Waals surface area contributed by atoms with E-state index in [0.29, 0.717) is 12.0 Å². The summed E-state index contributed by atoms with van der Waals surface area (Å²) >= 11 is 1.17. The monoisotopic (exact) mass is 250 g/mol. The van der Waals surface area contributed by atoms with Crippen molar-refractivity contribution in [3.8, 4) is 0 Å². The lowest BCUT2D eigenvalue weighted by Crippen LogP contribution is -2.16. The van der Waals surface area contributed by atoms with Gasteiger partial charge in [0.2, 0.25) is 0 Å². The average molecular weight is 250 g/mol. The first-order chi connectivity index (χ1) is 8.08.